The van der Waals surface area contributed by atoms with E-state index in [1.165, 1.54) is 19.9 Å². The van der Waals surface area contributed by atoms with Gasteiger partial charge >= 0.3 is 0 Å². The predicted octanol–water partition coefficient (Wildman–Crippen LogP) is 3.32. The molecule has 0 unspecified atom stereocenters. The van der Waals surface area contributed by atoms with E-state index in [1.807, 2.05) is 30.3 Å². The Balaban J connectivity index is 1.70. The van der Waals surface area contributed by atoms with E-state index in [-0.39, 0.29) is 23.8 Å². The van der Waals surface area contributed by atoms with Crippen LogP contribution >= 0.6 is 11.3 Å². The molecule has 194 valence electrons. The van der Waals surface area contributed by atoms with Crippen LogP contribution in [0.4, 0.5) is 11.4 Å². The normalized spacial score (nSPS) is 17.8. The van der Waals surface area contributed by atoms with E-state index >= 15 is 0 Å². The highest BCUT2D eigenvalue weighted by Crippen LogP contribution is 2.30. The molecule has 8 nitrogen and oxygen atoms in total. The summed E-state index contributed by atoms with van der Waals surface area (Å²) in [6, 6.07) is 19.1. The Labute approximate surface area is 217 Å². The summed E-state index contributed by atoms with van der Waals surface area (Å²) in [4.78, 5) is 2.05. The molecule has 1 aliphatic heterocycles. The van der Waals surface area contributed by atoms with Gasteiger partial charge in [-0.1, -0.05) is 36.4 Å². The third kappa shape index (κ3) is 5.76. The van der Waals surface area contributed by atoms with Gasteiger partial charge in [-0.2, -0.15) is 4.31 Å². The van der Waals surface area contributed by atoms with Gasteiger partial charge < -0.3 is 10.0 Å². The molecule has 0 saturated carbocycles. The number of nitrogens with zero attached hydrogens (tertiary/aromatic N) is 3. The highest BCUT2D eigenvalue weighted by atomic mass is 32.2. The maximum Gasteiger partial charge on any atom is 0.252 e. The van der Waals surface area contributed by atoms with Gasteiger partial charge in [0.15, 0.2) is 0 Å². The summed E-state index contributed by atoms with van der Waals surface area (Å²) < 4.78 is 55.3. The van der Waals surface area contributed by atoms with Crippen LogP contribution in [0.25, 0.3) is 0 Å². The van der Waals surface area contributed by atoms with Crippen LogP contribution in [0.5, 0.6) is 0 Å². The lowest BCUT2D eigenvalue weighted by molar-refractivity contribution is 0.0786. The fraction of sp³-hybridized carbons (Fsp3) is 0.360. The summed E-state index contributed by atoms with van der Waals surface area (Å²) in [5.41, 5.74) is 1.12. The molecule has 4 rings (SSSR count). The highest BCUT2D eigenvalue weighted by Gasteiger charge is 2.37. The van der Waals surface area contributed by atoms with Crippen molar-refractivity contribution in [2.45, 2.75) is 29.7 Å². The average molecular weight is 550 g/mol. The van der Waals surface area contributed by atoms with E-state index in [2.05, 4.69) is 4.90 Å². The molecule has 0 amide bonds. The van der Waals surface area contributed by atoms with Crippen LogP contribution in [0, 0.1) is 0 Å². The molecule has 2 heterocycles. The third-order valence-corrected chi connectivity index (χ3v) is 10.7. The van der Waals surface area contributed by atoms with Gasteiger partial charge in [-0.05, 0) is 55.1 Å². The van der Waals surface area contributed by atoms with Crippen LogP contribution in [0.2, 0.25) is 0 Å². The van der Waals surface area contributed by atoms with Crippen LogP contribution < -0.4 is 9.21 Å². The van der Waals surface area contributed by atoms with E-state index in [9.17, 15) is 21.9 Å². The van der Waals surface area contributed by atoms with Gasteiger partial charge in [-0.25, -0.2) is 16.8 Å². The molecule has 3 aromatic rings. The first-order valence-electron chi connectivity index (χ1n) is 11.5. The van der Waals surface area contributed by atoms with Crippen LogP contribution in [-0.2, 0) is 25.6 Å². The Morgan fingerprint density at radius 1 is 0.972 bits per heavy atom. The van der Waals surface area contributed by atoms with E-state index in [1.54, 1.807) is 55.6 Å². The first-order chi connectivity index (χ1) is 16.9. The van der Waals surface area contributed by atoms with Crippen LogP contribution in [-0.4, -0.2) is 64.7 Å². The van der Waals surface area contributed by atoms with Crippen molar-refractivity contribution in [2.24, 2.45) is 0 Å². The summed E-state index contributed by atoms with van der Waals surface area (Å²) in [6.45, 7) is 4.29. The summed E-state index contributed by atoms with van der Waals surface area (Å²) in [7, 11) is -7.33. The Morgan fingerprint density at radius 3 is 2.19 bits per heavy atom. The smallest absolute Gasteiger partial charge is 0.252 e. The van der Waals surface area contributed by atoms with Gasteiger partial charge in [0.2, 0.25) is 10.0 Å². The Kier molecular flexibility index (Phi) is 7.50. The zero-order chi connectivity index (χ0) is 26.1. The lowest BCUT2D eigenvalue weighted by Gasteiger charge is -2.43. The molecular formula is C25H31N3O5S3. The fourth-order valence-electron chi connectivity index (χ4n) is 4.36. The van der Waals surface area contributed by atoms with Gasteiger partial charge in [0.1, 0.15) is 4.21 Å². The number of hydrogen-bond donors (Lipinski definition) is 1. The molecule has 11 heteroatoms. The van der Waals surface area contributed by atoms with E-state index < -0.39 is 31.7 Å². The van der Waals surface area contributed by atoms with Gasteiger partial charge in [0.25, 0.3) is 10.0 Å². The van der Waals surface area contributed by atoms with Crippen molar-refractivity contribution in [3.63, 3.8) is 0 Å². The standard InChI is InChI=1S/C25H31N3O5S3/c1-25(2,29)20-11-13-21(14-12-20)27-16-15-26(36(32,33)24-10-7-17-34-24)18-23(27)19-28(35(3,30)31)22-8-5-4-6-9-22/h4-14,17,23,29H,15-16,18-19H2,1-3H3/t23-/m1/s1. The maximum atomic E-state index is 13.3. The molecule has 1 aromatic heterocycles. The van der Waals surface area contributed by atoms with Crippen LogP contribution in [0.1, 0.15) is 19.4 Å². The highest BCUT2D eigenvalue weighted by molar-refractivity contribution is 7.92. The van der Waals surface area contributed by atoms with Crippen molar-refractivity contribution in [1.29, 1.82) is 0 Å². The minimum atomic E-state index is -3.70. The molecule has 1 aliphatic rings. The second kappa shape index (κ2) is 10.1. The van der Waals surface area contributed by atoms with Crippen LogP contribution in [0.15, 0.2) is 76.3 Å². The summed E-state index contributed by atoms with van der Waals surface area (Å²) in [5.74, 6) is 0. The first-order valence-corrected chi connectivity index (χ1v) is 15.7. The quantitative estimate of drug-likeness (QED) is 0.463. The van der Waals surface area contributed by atoms with Gasteiger partial charge in [0, 0.05) is 25.3 Å². The number of para-hydroxylation sites is 1. The van der Waals surface area contributed by atoms with Crippen molar-refractivity contribution in [3.8, 4) is 0 Å². The molecule has 0 radical (unpaired) electrons. The van der Waals surface area contributed by atoms with Gasteiger partial charge in [0.05, 0.1) is 30.1 Å². The van der Waals surface area contributed by atoms with Crippen molar-refractivity contribution < 1.29 is 21.9 Å². The second-order valence-electron chi connectivity index (χ2n) is 9.38. The lowest BCUT2D eigenvalue weighted by atomic mass is 9.98. The Bertz CT molecular complexity index is 1370. The molecular weight excluding hydrogens is 518 g/mol. The fourth-order valence-corrected chi connectivity index (χ4v) is 7.92. The van der Waals surface area contributed by atoms with Crippen molar-refractivity contribution in [3.05, 3.63) is 77.7 Å². The summed E-state index contributed by atoms with van der Waals surface area (Å²) in [5, 5.41) is 12.1. The number of rotatable bonds is 8. The van der Waals surface area contributed by atoms with E-state index in [0.717, 1.165) is 17.5 Å². The predicted molar refractivity (Wildman–Crippen MR) is 145 cm³/mol. The zero-order valence-electron chi connectivity index (χ0n) is 20.5. The number of benzene rings is 2. The number of anilines is 2. The first kappa shape index (κ1) is 26.6. The average Bonchev–Trinajstić information content (AvgIpc) is 3.38. The third-order valence-electron chi connectivity index (χ3n) is 6.26. The monoisotopic (exact) mass is 549 g/mol. The van der Waals surface area contributed by atoms with E-state index in [4.69, 9.17) is 0 Å². The molecule has 1 N–H and O–H groups in total. The Morgan fingerprint density at radius 2 is 1.64 bits per heavy atom. The van der Waals surface area contributed by atoms with Crippen molar-refractivity contribution in [2.75, 3.05) is 41.6 Å². The molecule has 0 spiro atoms. The minimum absolute atomic E-state index is 0.0759. The molecule has 1 fully saturated rings. The zero-order valence-corrected chi connectivity index (χ0v) is 22.9. The van der Waals surface area contributed by atoms with Gasteiger partial charge in [-0.15, -0.1) is 11.3 Å². The van der Waals surface area contributed by atoms with Gasteiger partial charge in [-0.3, -0.25) is 4.31 Å². The molecule has 0 aliphatic carbocycles. The molecule has 1 saturated heterocycles. The number of aliphatic hydroxyl groups is 1. The number of thiophene rings is 1. The molecule has 36 heavy (non-hydrogen) atoms. The Hall–Kier alpha value is -2.44. The second-order valence-corrected chi connectivity index (χ2v) is 14.4. The minimum Gasteiger partial charge on any atom is -0.386 e. The number of hydrogen-bond acceptors (Lipinski definition) is 7. The maximum absolute atomic E-state index is 13.3. The largest absolute Gasteiger partial charge is 0.386 e. The number of piperazine rings is 1. The van der Waals surface area contributed by atoms with Crippen LogP contribution in [0.3, 0.4) is 0 Å². The van der Waals surface area contributed by atoms with Crippen molar-refractivity contribution >= 4 is 42.8 Å². The SMILES string of the molecule is CC(C)(O)c1ccc(N2CCN(S(=O)(=O)c3cccs3)C[C@@H]2CN(c2ccccc2)S(C)(=O)=O)cc1. The topological polar surface area (TPSA) is 98.2 Å². The molecule has 2 aromatic carbocycles. The molecule has 1 atom stereocenters. The lowest BCUT2D eigenvalue weighted by Crippen LogP contribution is -2.59. The summed E-state index contributed by atoms with van der Waals surface area (Å²) in [6.07, 6.45) is 1.16. The molecule has 0 bridgehead atoms. The van der Waals surface area contributed by atoms with Crippen molar-refractivity contribution in [1.82, 2.24) is 4.31 Å². The number of sulfonamides is 2. The van der Waals surface area contributed by atoms with E-state index in [0.29, 0.717) is 12.2 Å². The summed E-state index contributed by atoms with van der Waals surface area (Å²) >= 11 is 1.17.